The molecule has 1 aromatic rings. The molecule has 23 heavy (non-hydrogen) atoms. The zero-order valence-electron chi connectivity index (χ0n) is 14.7. The second-order valence-corrected chi connectivity index (χ2v) is 6.10. The van der Waals surface area contributed by atoms with E-state index in [0.717, 1.165) is 43.1 Å². The van der Waals surface area contributed by atoms with Crippen molar-refractivity contribution in [3.63, 3.8) is 0 Å². The molecular weight excluding hydrogens is 310 g/mol. The summed E-state index contributed by atoms with van der Waals surface area (Å²) in [4.78, 5) is 1.38. The SMILES string of the molecule is CCCOc1ccc(NC(=S)NCC[NH+](C)C)cc1OCCC. The molecule has 1 rings (SSSR count). The van der Waals surface area contributed by atoms with Gasteiger partial charge >= 0.3 is 0 Å². The standard InChI is InChI=1S/C17H29N3O2S/c1-5-11-21-15-8-7-14(13-16(15)22-12-6-2)19-17(23)18-9-10-20(3)4/h7-8,13H,5-6,9-12H2,1-4H3,(H2,18,19,23)/p+1. The minimum absolute atomic E-state index is 0.620. The molecule has 0 aliphatic carbocycles. The van der Waals surface area contributed by atoms with Crippen LogP contribution in [0.25, 0.3) is 0 Å². The number of rotatable bonds is 10. The molecule has 0 fully saturated rings. The summed E-state index contributed by atoms with van der Waals surface area (Å²) in [6, 6.07) is 5.82. The van der Waals surface area contributed by atoms with Gasteiger partial charge in [-0.05, 0) is 37.2 Å². The Morgan fingerprint density at radius 3 is 2.35 bits per heavy atom. The van der Waals surface area contributed by atoms with E-state index in [0.29, 0.717) is 18.3 Å². The first-order chi connectivity index (χ1) is 11.1. The van der Waals surface area contributed by atoms with Crippen LogP contribution in [0.1, 0.15) is 26.7 Å². The molecule has 130 valence electrons. The Balaban J connectivity index is 2.65. The quantitative estimate of drug-likeness (QED) is 0.566. The molecule has 0 unspecified atom stereocenters. The molecule has 0 aliphatic heterocycles. The molecule has 6 heteroatoms. The minimum Gasteiger partial charge on any atom is -0.490 e. The van der Waals surface area contributed by atoms with E-state index in [1.54, 1.807) is 0 Å². The van der Waals surface area contributed by atoms with Crippen molar-refractivity contribution < 1.29 is 14.4 Å². The van der Waals surface area contributed by atoms with E-state index in [1.807, 2.05) is 18.2 Å². The Labute approximate surface area is 145 Å². The molecule has 0 amide bonds. The smallest absolute Gasteiger partial charge is 0.170 e. The molecule has 0 aliphatic rings. The van der Waals surface area contributed by atoms with Crippen molar-refractivity contribution in [3.05, 3.63) is 18.2 Å². The van der Waals surface area contributed by atoms with Gasteiger partial charge in [-0.25, -0.2) is 0 Å². The number of benzene rings is 1. The van der Waals surface area contributed by atoms with E-state index >= 15 is 0 Å². The highest BCUT2D eigenvalue weighted by Crippen LogP contribution is 2.30. The van der Waals surface area contributed by atoms with Gasteiger partial charge < -0.3 is 25.0 Å². The zero-order chi connectivity index (χ0) is 17.1. The maximum absolute atomic E-state index is 5.79. The first-order valence-electron chi connectivity index (χ1n) is 8.30. The summed E-state index contributed by atoms with van der Waals surface area (Å²) in [7, 11) is 4.23. The summed E-state index contributed by atoms with van der Waals surface area (Å²) in [5.74, 6) is 1.53. The number of thiocarbonyl (C=S) groups is 1. The van der Waals surface area contributed by atoms with Gasteiger partial charge in [0.15, 0.2) is 16.6 Å². The summed E-state index contributed by atoms with van der Waals surface area (Å²) >= 11 is 5.32. The fourth-order valence-electron chi connectivity index (χ4n) is 1.84. The second-order valence-electron chi connectivity index (χ2n) is 5.70. The molecular formula is C17H30N3O2S+. The Hall–Kier alpha value is -1.53. The number of ether oxygens (including phenoxy) is 2. The van der Waals surface area contributed by atoms with E-state index in [2.05, 4.69) is 38.6 Å². The van der Waals surface area contributed by atoms with Crippen molar-refractivity contribution in [2.45, 2.75) is 26.7 Å². The van der Waals surface area contributed by atoms with E-state index in [-0.39, 0.29) is 0 Å². The van der Waals surface area contributed by atoms with E-state index in [1.165, 1.54) is 4.90 Å². The van der Waals surface area contributed by atoms with Gasteiger partial charge in [0.25, 0.3) is 0 Å². The first-order valence-corrected chi connectivity index (χ1v) is 8.71. The normalized spacial score (nSPS) is 10.5. The maximum atomic E-state index is 5.79. The predicted molar refractivity (Wildman–Crippen MR) is 99.9 cm³/mol. The number of nitrogens with one attached hydrogen (secondary N) is 3. The van der Waals surface area contributed by atoms with Crippen molar-refractivity contribution in [1.29, 1.82) is 0 Å². The highest BCUT2D eigenvalue weighted by Gasteiger charge is 2.08. The van der Waals surface area contributed by atoms with Crippen LogP contribution in [-0.4, -0.2) is 45.5 Å². The van der Waals surface area contributed by atoms with Crippen molar-refractivity contribution >= 4 is 23.0 Å². The van der Waals surface area contributed by atoms with Gasteiger partial charge in [-0.1, -0.05) is 13.8 Å². The van der Waals surface area contributed by atoms with Gasteiger partial charge in [-0.2, -0.15) is 0 Å². The molecule has 0 heterocycles. The van der Waals surface area contributed by atoms with Crippen LogP contribution in [0.2, 0.25) is 0 Å². The summed E-state index contributed by atoms with van der Waals surface area (Å²) in [6.45, 7) is 7.37. The molecule has 0 radical (unpaired) electrons. The van der Waals surface area contributed by atoms with Gasteiger partial charge in [0, 0.05) is 11.8 Å². The van der Waals surface area contributed by atoms with Crippen LogP contribution in [0.5, 0.6) is 11.5 Å². The monoisotopic (exact) mass is 340 g/mol. The molecule has 0 saturated heterocycles. The van der Waals surface area contributed by atoms with Crippen LogP contribution in [0, 0.1) is 0 Å². The van der Waals surface area contributed by atoms with E-state index in [9.17, 15) is 0 Å². The molecule has 1 aromatic carbocycles. The molecule has 5 nitrogen and oxygen atoms in total. The minimum atomic E-state index is 0.620. The lowest BCUT2D eigenvalue weighted by atomic mass is 10.2. The molecule has 0 atom stereocenters. The Kier molecular flexibility index (Phi) is 9.40. The zero-order valence-corrected chi connectivity index (χ0v) is 15.5. The highest BCUT2D eigenvalue weighted by atomic mass is 32.1. The van der Waals surface area contributed by atoms with Gasteiger partial charge in [0.05, 0.1) is 40.4 Å². The van der Waals surface area contributed by atoms with Crippen molar-refractivity contribution in [2.24, 2.45) is 0 Å². The number of hydrogen-bond acceptors (Lipinski definition) is 3. The third kappa shape index (κ3) is 8.04. The summed E-state index contributed by atoms with van der Waals surface area (Å²) in [5, 5.41) is 7.01. The van der Waals surface area contributed by atoms with Crippen molar-refractivity contribution in [1.82, 2.24) is 5.32 Å². The Morgan fingerprint density at radius 2 is 1.74 bits per heavy atom. The number of anilines is 1. The third-order valence-corrected chi connectivity index (χ3v) is 3.28. The number of likely N-dealkylation sites (N-methyl/N-ethyl adjacent to an activating group) is 1. The van der Waals surface area contributed by atoms with Crippen LogP contribution in [-0.2, 0) is 0 Å². The summed E-state index contributed by atoms with van der Waals surface area (Å²) in [5.41, 5.74) is 0.898. The third-order valence-electron chi connectivity index (χ3n) is 3.04. The topological polar surface area (TPSA) is 47.0 Å². The second kappa shape index (κ2) is 11.1. The maximum Gasteiger partial charge on any atom is 0.170 e. The molecule has 0 aromatic heterocycles. The fraction of sp³-hybridized carbons (Fsp3) is 0.588. The number of quaternary nitrogens is 1. The molecule has 0 bridgehead atoms. The first kappa shape index (κ1) is 19.5. The highest BCUT2D eigenvalue weighted by molar-refractivity contribution is 7.80. The Morgan fingerprint density at radius 1 is 1.09 bits per heavy atom. The van der Waals surface area contributed by atoms with Gasteiger partial charge in [-0.15, -0.1) is 0 Å². The number of hydrogen-bond donors (Lipinski definition) is 3. The lowest BCUT2D eigenvalue weighted by Gasteiger charge is -2.15. The van der Waals surface area contributed by atoms with Crippen LogP contribution < -0.4 is 25.0 Å². The molecule has 0 saturated carbocycles. The fourth-order valence-corrected chi connectivity index (χ4v) is 2.06. The van der Waals surface area contributed by atoms with Crippen LogP contribution in [0.3, 0.4) is 0 Å². The largest absolute Gasteiger partial charge is 0.490 e. The van der Waals surface area contributed by atoms with Crippen LogP contribution in [0.15, 0.2) is 18.2 Å². The lowest BCUT2D eigenvalue weighted by molar-refractivity contribution is -0.856. The summed E-state index contributed by atoms with van der Waals surface area (Å²) in [6.07, 6.45) is 1.92. The van der Waals surface area contributed by atoms with Crippen molar-refractivity contribution in [2.75, 3.05) is 45.7 Å². The Bertz CT molecular complexity index is 481. The van der Waals surface area contributed by atoms with Crippen LogP contribution >= 0.6 is 12.2 Å². The lowest BCUT2D eigenvalue weighted by Crippen LogP contribution is -3.06. The van der Waals surface area contributed by atoms with Crippen molar-refractivity contribution in [3.8, 4) is 11.5 Å². The van der Waals surface area contributed by atoms with Crippen LogP contribution in [0.4, 0.5) is 5.69 Å². The average Bonchev–Trinajstić information content (AvgIpc) is 2.51. The molecule has 0 spiro atoms. The average molecular weight is 341 g/mol. The van der Waals surface area contributed by atoms with E-state index in [4.69, 9.17) is 21.7 Å². The van der Waals surface area contributed by atoms with Gasteiger partial charge in [0.2, 0.25) is 0 Å². The summed E-state index contributed by atoms with van der Waals surface area (Å²) < 4.78 is 11.5. The molecule has 3 N–H and O–H groups in total. The van der Waals surface area contributed by atoms with Gasteiger partial charge in [-0.3, -0.25) is 0 Å². The van der Waals surface area contributed by atoms with Gasteiger partial charge in [0.1, 0.15) is 0 Å². The van der Waals surface area contributed by atoms with E-state index < -0.39 is 0 Å². The predicted octanol–water partition coefficient (Wildman–Crippen LogP) is 1.70.